The lowest BCUT2D eigenvalue weighted by Crippen LogP contribution is -2.37. The maximum absolute atomic E-state index is 13.6. The third-order valence-corrected chi connectivity index (χ3v) is 2.88. The first-order chi connectivity index (χ1) is 9.15. The van der Waals surface area contributed by atoms with Crippen LogP contribution in [0, 0.1) is 12.7 Å². The molecule has 0 heterocycles. The van der Waals surface area contributed by atoms with Crippen LogP contribution in [0.2, 0.25) is 0 Å². The van der Waals surface area contributed by atoms with Gasteiger partial charge in [0.15, 0.2) is 0 Å². The van der Waals surface area contributed by atoms with E-state index in [2.05, 4.69) is 0 Å². The predicted molar refractivity (Wildman–Crippen MR) is 69.1 cm³/mol. The monoisotopic (exact) mass is 294 g/mol. The van der Waals surface area contributed by atoms with Gasteiger partial charge in [-0.2, -0.15) is 13.2 Å². The van der Waals surface area contributed by atoms with Gasteiger partial charge < -0.3 is 15.7 Å². The third kappa shape index (κ3) is 4.35. The lowest BCUT2D eigenvalue weighted by atomic mass is 10.0. The largest absolute Gasteiger partial charge is 0.405 e. The summed E-state index contributed by atoms with van der Waals surface area (Å²) in [4.78, 5) is 0.963. The highest BCUT2D eigenvalue weighted by Gasteiger charge is 2.32. The Morgan fingerprint density at radius 2 is 1.95 bits per heavy atom. The minimum Gasteiger partial charge on any atom is -0.395 e. The number of aliphatic hydroxyl groups is 1. The van der Waals surface area contributed by atoms with Crippen LogP contribution in [0.25, 0.3) is 0 Å². The van der Waals surface area contributed by atoms with Gasteiger partial charge in [-0.05, 0) is 37.1 Å². The Bertz CT molecular complexity index is 460. The Morgan fingerprint density at radius 1 is 1.35 bits per heavy atom. The number of alkyl halides is 3. The van der Waals surface area contributed by atoms with E-state index < -0.39 is 31.2 Å². The summed E-state index contributed by atoms with van der Waals surface area (Å²) in [5.41, 5.74) is 6.41. The van der Waals surface area contributed by atoms with E-state index in [1.54, 1.807) is 6.92 Å². The molecule has 0 spiro atoms. The van der Waals surface area contributed by atoms with Crippen molar-refractivity contribution in [2.24, 2.45) is 5.73 Å². The predicted octanol–water partition coefficient (Wildman–Crippen LogP) is 2.51. The molecule has 20 heavy (non-hydrogen) atoms. The molecule has 3 N–H and O–H groups in total. The molecule has 0 radical (unpaired) electrons. The number of hydrogen-bond donors (Lipinski definition) is 2. The van der Waals surface area contributed by atoms with Crippen LogP contribution in [-0.2, 0) is 0 Å². The van der Waals surface area contributed by atoms with Crippen LogP contribution in [0.15, 0.2) is 12.1 Å². The number of nitrogens with zero attached hydrogens (tertiary/aromatic N) is 1. The molecule has 7 heteroatoms. The molecule has 1 atom stereocenters. The molecule has 0 aliphatic rings. The molecule has 0 fully saturated rings. The molecular weight excluding hydrogens is 276 g/mol. The number of hydrogen-bond acceptors (Lipinski definition) is 3. The van der Waals surface area contributed by atoms with Gasteiger partial charge >= 0.3 is 6.18 Å². The number of aliphatic hydroxyl groups excluding tert-OH is 1. The van der Waals surface area contributed by atoms with Crippen molar-refractivity contribution in [3.63, 3.8) is 0 Å². The van der Waals surface area contributed by atoms with E-state index >= 15 is 0 Å². The Morgan fingerprint density at radius 3 is 2.40 bits per heavy atom. The normalized spacial score (nSPS) is 13.4. The molecule has 0 aliphatic carbocycles. The lowest BCUT2D eigenvalue weighted by molar-refractivity contribution is -0.119. The summed E-state index contributed by atoms with van der Waals surface area (Å²) < 4.78 is 51.4. The minimum absolute atomic E-state index is 0.199. The summed E-state index contributed by atoms with van der Waals surface area (Å²) in [6, 6.07) is 1.86. The van der Waals surface area contributed by atoms with Crippen molar-refractivity contribution in [1.29, 1.82) is 0 Å². The van der Waals surface area contributed by atoms with Crippen molar-refractivity contribution in [2.75, 3.05) is 24.6 Å². The summed E-state index contributed by atoms with van der Waals surface area (Å²) in [5, 5.41) is 8.93. The van der Waals surface area contributed by atoms with E-state index in [4.69, 9.17) is 10.8 Å². The number of anilines is 1. The molecule has 0 aromatic heterocycles. The maximum Gasteiger partial charge on any atom is 0.405 e. The Balaban J connectivity index is 3.27. The molecule has 1 aromatic rings. The standard InChI is InChI=1S/C13H18F4N2O/c1-8-5-12(10(9(2)18)6-11(8)14)19(3-4-20)7-13(15,16)17/h5-6,9,20H,3-4,7,18H2,1-2H3/t9-/m0/s1. The number of halogens is 4. The van der Waals surface area contributed by atoms with Crippen molar-refractivity contribution in [1.82, 2.24) is 0 Å². The van der Waals surface area contributed by atoms with Gasteiger partial charge in [0.05, 0.1) is 6.61 Å². The van der Waals surface area contributed by atoms with Crippen molar-refractivity contribution in [2.45, 2.75) is 26.1 Å². The Kier molecular flexibility index (Phi) is 5.35. The van der Waals surface area contributed by atoms with Gasteiger partial charge in [0.25, 0.3) is 0 Å². The summed E-state index contributed by atoms with van der Waals surface area (Å²) in [6.07, 6.45) is -4.42. The van der Waals surface area contributed by atoms with Crippen LogP contribution < -0.4 is 10.6 Å². The van der Waals surface area contributed by atoms with Gasteiger partial charge in [-0.25, -0.2) is 4.39 Å². The van der Waals surface area contributed by atoms with Crippen LogP contribution >= 0.6 is 0 Å². The third-order valence-electron chi connectivity index (χ3n) is 2.88. The molecule has 0 aliphatic heterocycles. The van der Waals surface area contributed by atoms with E-state index in [1.165, 1.54) is 13.0 Å². The molecule has 0 bridgehead atoms. The van der Waals surface area contributed by atoms with Gasteiger partial charge in [-0.15, -0.1) is 0 Å². The second-order valence-electron chi connectivity index (χ2n) is 4.71. The molecule has 1 aromatic carbocycles. The summed E-state index contributed by atoms with van der Waals surface area (Å²) in [7, 11) is 0. The van der Waals surface area contributed by atoms with E-state index in [9.17, 15) is 17.6 Å². The van der Waals surface area contributed by atoms with Crippen molar-refractivity contribution >= 4 is 5.69 Å². The number of nitrogens with two attached hydrogens (primary N) is 1. The molecule has 0 amide bonds. The zero-order valence-corrected chi connectivity index (χ0v) is 11.3. The molecule has 0 unspecified atom stereocenters. The van der Waals surface area contributed by atoms with Crippen LogP contribution in [0.5, 0.6) is 0 Å². The van der Waals surface area contributed by atoms with Crippen molar-refractivity contribution in [3.8, 4) is 0 Å². The van der Waals surface area contributed by atoms with Crippen LogP contribution in [0.4, 0.5) is 23.2 Å². The van der Waals surface area contributed by atoms with Crippen molar-refractivity contribution < 1.29 is 22.7 Å². The summed E-state index contributed by atoms with van der Waals surface area (Å²) >= 11 is 0. The molecule has 0 saturated heterocycles. The zero-order chi connectivity index (χ0) is 15.5. The van der Waals surface area contributed by atoms with Crippen LogP contribution in [-0.4, -0.2) is 31.0 Å². The fourth-order valence-corrected chi connectivity index (χ4v) is 1.94. The van der Waals surface area contributed by atoms with Crippen LogP contribution in [0.1, 0.15) is 24.1 Å². The van der Waals surface area contributed by atoms with Crippen LogP contribution in [0.3, 0.4) is 0 Å². The second-order valence-corrected chi connectivity index (χ2v) is 4.71. The van der Waals surface area contributed by atoms with Gasteiger partial charge in [-0.3, -0.25) is 0 Å². The molecule has 1 rings (SSSR count). The Hall–Kier alpha value is -1.34. The van der Waals surface area contributed by atoms with E-state index in [0.717, 1.165) is 11.0 Å². The number of rotatable bonds is 5. The summed E-state index contributed by atoms with van der Waals surface area (Å²) in [6.45, 7) is 1.17. The van der Waals surface area contributed by atoms with E-state index in [-0.39, 0.29) is 23.4 Å². The lowest BCUT2D eigenvalue weighted by Gasteiger charge is -2.29. The van der Waals surface area contributed by atoms with Gasteiger partial charge in [0, 0.05) is 18.3 Å². The smallest absolute Gasteiger partial charge is 0.395 e. The fraction of sp³-hybridized carbons (Fsp3) is 0.538. The molecule has 3 nitrogen and oxygen atoms in total. The fourth-order valence-electron chi connectivity index (χ4n) is 1.94. The average Bonchev–Trinajstić information content (AvgIpc) is 2.29. The van der Waals surface area contributed by atoms with Crippen molar-refractivity contribution in [3.05, 3.63) is 29.1 Å². The minimum atomic E-state index is -4.42. The van der Waals surface area contributed by atoms with E-state index in [1.807, 2.05) is 0 Å². The highest BCUT2D eigenvalue weighted by molar-refractivity contribution is 5.57. The number of aryl methyl sites for hydroxylation is 1. The zero-order valence-electron chi connectivity index (χ0n) is 11.3. The first-order valence-electron chi connectivity index (χ1n) is 6.14. The molecular formula is C13H18F4N2O. The highest BCUT2D eigenvalue weighted by Crippen LogP contribution is 2.30. The first-order valence-corrected chi connectivity index (χ1v) is 6.14. The quantitative estimate of drug-likeness (QED) is 0.820. The highest BCUT2D eigenvalue weighted by atomic mass is 19.4. The average molecular weight is 294 g/mol. The number of benzene rings is 1. The summed E-state index contributed by atoms with van der Waals surface area (Å²) in [5.74, 6) is -0.517. The van der Waals surface area contributed by atoms with E-state index in [0.29, 0.717) is 0 Å². The second kappa shape index (κ2) is 6.41. The SMILES string of the molecule is Cc1cc(N(CCO)CC(F)(F)F)c([C@H](C)N)cc1F. The Labute approximate surface area is 115 Å². The van der Waals surface area contributed by atoms with Gasteiger partial charge in [0.2, 0.25) is 0 Å². The maximum atomic E-state index is 13.6. The topological polar surface area (TPSA) is 49.5 Å². The van der Waals surface area contributed by atoms with Gasteiger partial charge in [0.1, 0.15) is 12.4 Å². The molecule has 114 valence electrons. The molecule has 0 saturated carbocycles. The first kappa shape index (κ1) is 16.7. The van der Waals surface area contributed by atoms with Gasteiger partial charge in [-0.1, -0.05) is 0 Å².